The van der Waals surface area contributed by atoms with E-state index in [2.05, 4.69) is 35.9 Å². The van der Waals surface area contributed by atoms with Gasteiger partial charge in [0.1, 0.15) is 17.5 Å². The van der Waals surface area contributed by atoms with Crippen molar-refractivity contribution in [1.82, 2.24) is 9.97 Å². The minimum absolute atomic E-state index is 0.0252. The van der Waals surface area contributed by atoms with Crippen LogP contribution in [-0.2, 0) is 0 Å². The predicted molar refractivity (Wildman–Crippen MR) is 124 cm³/mol. The number of nitrogens with zero attached hydrogens (tertiary/aromatic N) is 4. The normalized spacial score (nSPS) is 16.2. The summed E-state index contributed by atoms with van der Waals surface area (Å²) in [4.78, 5) is 22.5. The Morgan fingerprint density at radius 1 is 1.12 bits per heavy atom. The molecular formula is C25H24N4O3. The van der Waals surface area contributed by atoms with E-state index in [1.807, 2.05) is 30.3 Å². The molecular weight excluding hydrogens is 404 g/mol. The summed E-state index contributed by atoms with van der Waals surface area (Å²) in [6.45, 7) is 5.06. The molecule has 0 radical (unpaired) electrons. The zero-order valence-electron chi connectivity index (χ0n) is 18.1. The molecule has 3 heterocycles. The first-order valence-corrected chi connectivity index (χ1v) is 10.9. The highest BCUT2D eigenvalue weighted by molar-refractivity contribution is 5.99. The molecule has 1 aliphatic heterocycles. The van der Waals surface area contributed by atoms with Gasteiger partial charge < -0.3 is 9.32 Å². The van der Waals surface area contributed by atoms with E-state index in [0.717, 1.165) is 47.5 Å². The Labute approximate surface area is 185 Å². The van der Waals surface area contributed by atoms with Gasteiger partial charge in [0.05, 0.1) is 10.3 Å². The van der Waals surface area contributed by atoms with E-state index in [1.54, 1.807) is 18.5 Å². The molecule has 7 heteroatoms. The highest BCUT2D eigenvalue weighted by Gasteiger charge is 2.33. The van der Waals surface area contributed by atoms with Crippen molar-refractivity contribution in [2.45, 2.75) is 38.6 Å². The molecule has 4 aromatic rings. The lowest BCUT2D eigenvalue weighted by Crippen LogP contribution is -2.23. The highest BCUT2D eigenvalue weighted by Crippen LogP contribution is 2.42. The molecule has 0 N–H and O–H groups in total. The number of pyridine rings is 1. The van der Waals surface area contributed by atoms with Gasteiger partial charge in [-0.15, -0.1) is 0 Å². The summed E-state index contributed by atoms with van der Waals surface area (Å²) < 4.78 is 6.37. The average Bonchev–Trinajstić information content (AvgIpc) is 3.46. The molecule has 0 bridgehead atoms. The summed E-state index contributed by atoms with van der Waals surface area (Å²) in [5.74, 6) is 1.79. The average molecular weight is 428 g/mol. The topological polar surface area (TPSA) is 85.3 Å². The predicted octanol–water partition coefficient (Wildman–Crippen LogP) is 6.26. The molecule has 1 fully saturated rings. The lowest BCUT2D eigenvalue weighted by Gasteiger charge is -2.26. The van der Waals surface area contributed by atoms with Gasteiger partial charge in [-0.25, -0.2) is 4.98 Å². The van der Waals surface area contributed by atoms with Crippen LogP contribution in [0, 0.1) is 10.1 Å². The van der Waals surface area contributed by atoms with Crippen molar-refractivity contribution in [1.29, 1.82) is 0 Å². The Bertz CT molecular complexity index is 1280. The van der Waals surface area contributed by atoms with Crippen molar-refractivity contribution >= 4 is 22.1 Å². The molecule has 0 aliphatic carbocycles. The van der Waals surface area contributed by atoms with Gasteiger partial charge in [0, 0.05) is 47.6 Å². The van der Waals surface area contributed by atoms with Crippen LogP contribution in [0.1, 0.15) is 50.3 Å². The van der Waals surface area contributed by atoms with Gasteiger partial charge in [0.15, 0.2) is 0 Å². The number of rotatable bonds is 5. The number of non-ortho nitro benzene ring substituents is 1. The summed E-state index contributed by atoms with van der Waals surface area (Å²) in [5.41, 5.74) is 2.95. The second-order valence-corrected chi connectivity index (χ2v) is 8.42. The molecule has 0 amide bonds. The van der Waals surface area contributed by atoms with Crippen molar-refractivity contribution in [3.8, 4) is 11.3 Å². The largest absolute Gasteiger partial charge is 0.442 e. The Hall–Kier alpha value is -3.74. The first-order valence-electron chi connectivity index (χ1n) is 10.9. The molecule has 0 saturated carbocycles. The fourth-order valence-electron chi connectivity index (χ4n) is 4.57. The number of nitro benzene ring substituents is 1. The van der Waals surface area contributed by atoms with Gasteiger partial charge in [0.2, 0.25) is 5.89 Å². The number of oxazole rings is 1. The number of nitro groups is 1. The molecule has 7 nitrogen and oxygen atoms in total. The molecule has 1 saturated heterocycles. The second kappa shape index (κ2) is 8.07. The maximum Gasteiger partial charge on any atom is 0.278 e. The van der Waals surface area contributed by atoms with Gasteiger partial charge in [-0.05, 0) is 25.0 Å². The number of benzene rings is 2. The molecule has 162 valence electrons. The Morgan fingerprint density at radius 2 is 1.94 bits per heavy atom. The number of aromatic nitrogens is 2. The summed E-state index contributed by atoms with van der Waals surface area (Å²) >= 11 is 0. The fourth-order valence-corrected chi connectivity index (χ4v) is 4.57. The van der Waals surface area contributed by atoms with Crippen molar-refractivity contribution in [2.75, 3.05) is 11.4 Å². The minimum Gasteiger partial charge on any atom is -0.442 e. The number of anilines is 1. The van der Waals surface area contributed by atoms with E-state index in [4.69, 9.17) is 9.40 Å². The number of hydrogen-bond acceptors (Lipinski definition) is 6. The zero-order chi connectivity index (χ0) is 22.2. The summed E-state index contributed by atoms with van der Waals surface area (Å²) in [5, 5.41) is 12.9. The van der Waals surface area contributed by atoms with Crippen LogP contribution < -0.4 is 4.90 Å². The molecule has 2 aromatic heterocycles. The van der Waals surface area contributed by atoms with Crippen molar-refractivity contribution in [2.24, 2.45) is 0 Å². The number of fused-ring (bicyclic) bond motifs is 1. The maximum absolute atomic E-state index is 11.5. The lowest BCUT2D eigenvalue weighted by molar-refractivity contribution is -0.383. The van der Waals surface area contributed by atoms with Gasteiger partial charge in [-0.3, -0.25) is 15.1 Å². The van der Waals surface area contributed by atoms with Crippen LogP contribution in [0.3, 0.4) is 0 Å². The van der Waals surface area contributed by atoms with Crippen LogP contribution in [0.15, 0.2) is 65.3 Å². The molecule has 1 aliphatic rings. The van der Waals surface area contributed by atoms with Crippen LogP contribution in [0.5, 0.6) is 0 Å². The molecule has 0 unspecified atom stereocenters. The van der Waals surface area contributed by atoms with Crippen molar-refractivity contribution in [3.05, 3.63) is 82.7 Å². The molecule has 32 heavy (non-hydrogen) atoms. The van der Waals surface area contributed by atoms with E-state index in [-0.39, 0.29) is 22.6 Å². The summed E-state index contributed by atoms with van der Waals surface area (Å²) in [7, 11) is 0. The third-order valence-electron chi connectivity index (χ3n) is 6.06. The third kappa shape index (κ3) is 3.39. The smallest absolute Gasteiger partial charge is 0.278 e. The highest BCUT2D eigenvalue weighted by atomic mass is 16.6. The maximum atomic E-state index is 11.5. The first kappa shape index (κ1) is 20.2. The van der Waals surface area contributed by atoms with Crippen LogP contribution in [0.2, 0.25) is 0 Å². The quantitative estimate of drug-likeness (QED) is 0.275. The first-order chi connectivity index (χ1) is 15.5. The molecule has 5 rings (SSSR count). The van der Waals surface area contributed by atoms with Gasteiger partial charge in [-0.2, -0.15) is 0 Å². The summed E-state index contributed by atoms with van der Waals surface area (Å²) in [6.07, 6.45) is 5.15. The van der Waals surface area contributed by atoms with E-state index < -0.39 is 0 Å². The third-order valence-corrected chi connectivity index (χ3v) is 6.06. The standard InChI is InChI=1S/C25H24N4O3/c1-16(2)24-23(17-7-4-3-5-8-17)27-25(32-24)22-9-6-14-28(22)20-10-11-21(29(30)31)19-15-26-13-12-18(19)20/h3-5,7-8,10-13,15-16,22H,6,9,14H2,1-2H3/t22-/m1/s1. The molecule has 2 aromatic carbocycles. The van der Waals surface area contributed by atoms with Crippen LogP contribution in [0.4, 0.5) is 11.4 Å². The van der Waals surface area contributed by atoms with E-state index >= 15 is 0 Å². The Balaban J connectivity index is 1.60. The van der Waals surface area contributed by atoms with E-state index in [0.29, 0.717) is 11.3 Å². The molecule has 1 atom stereocenters. The number of hydrogen-bond donors (Lipinski definition) is 0. The van der Waals surface area contributed by atoms with Gasteiger partial charge in [-0.1, -0.05) is 44.2 Å². The SMILES string of the molecule is CC(C)c1oc([C@H]2CCCN2c2ccc([N+](=O)[O-])c3cnccc23)nc1-c1ccccc1. The monoisotopic (exact) mass is 428 g/mol. The van der Waals surface area contributed by atoms with Crippen molar-refractivity contribution < 1.29 is 9.34 Å². The Morgan fingerprint density at radius 3 is 2.69 bits per heavy atom. The van der Waals surface area contributed by atoms with Crippen LogP contribution >= 0.6 is 0 Å². The summed E-state index contributed by atoms with van der Waals surface area (Å²) in [6, 6.07) is 15.3. The Kier molecular flexibility index (Phi) is 5.09. The molecule has 0 spiro atoms. The second-order valence-electron chi connectivity index (χ2n) is 8.42. The minimum atomic E-state index is -0.357. The van der Waals surface area contributed by atoms with E-state index in [9.17, 15) is 10.1 Å². The van der Waals surface area contributed by atoms with E-state index in [1.165, 1.54) is 0 Å². The van der Waals surface area contributed by atoms with Gasteiger partial charge in [0.25, 0.3) is 5.69 Å². The van der Waals surface area contributed by atoms with Crippen LogP contribution in [0.25, 0.3) is 22.0 Å². The van der Waals surface area contributed by atoms with Crippen molar-refractivity contribution in [3.63, 3.8) is 0 Å². The van der Waals surface area contributed by atoms with Crippen LogP contribution in [-0.4, -0.2) is 21.4 Å². The lowest BCUT2D eigenvalue weighted by atomic mass is 10.0. The van der Waals surface area contributed by atoms with Gasteiger partial charge >= 0.3 is 0 Å². The zero-order valence-corrected chi connectivity index (χ0v) is 18.1. The fraction of sp³-hybridized carbons (Fsp3) is 0.280.